The molecule has 88 valence electrons. The molecule has 0 aliphatic carbocycles. The number of hydrogen-bond donors (Lipinski definition) is 0. The summed E-state index contributed by atoms with van der Waals surface area (Å²) in [5.41, 5.74) is 1.41. The average molecular weight is 234 g/mol. The van der Waals surface area contributed by atoms with Crippen LogP contribution in [0.5, 0.6) is 0 Å². The lowest BCUT2D eigenvalue weighted by atomic mass is 9.93. The lowest BCUT2D eigenvalue weighted by molar-refractivity contribution is 0.625. The van der Waals surface area contributed by atoms with E-state index in [1.807, 2.05) is 0 Å². The molecule has 0 N–H and O–H groups in total. The Morgan fingerprint density at radius 2 is 1.94 bits per heavy atom. The number of unbranched alkanes of at least 4 members (excludes halogenated alkanes) is 2. The van der Waals surface area contributed by atoms with Crippen molar-refractivity contribution in [1.82, 2.24) is 0 Å². The van der Waals surface area contributed by atoms with Gasteiger partial charge in [0.1, 0.15) is 0 Å². The van der Waals surface area contributed by atoms with E-state index in [0.717, 1.165) is 0 Å². The molecule has 0 aromatic heterocycles. The Morgan fingerprint density at radius 3 is 2.50 bits per heavy atom. The smallest absolute Gasteiger partial charge is 0.0143 e. The molecule has 0 nitrogen and oxygen atoms in total. The molecule has 0 aliphatic heterocycles. The highest BCUT2D eigenvalue weighted by molar-refractivity contribution is 8.02. The molecule has 1 heteroatoms. The van der Waals surface area contributed by atoms with Crippen molar-refractivity contribution in [2.45, 2.75) is 38.5 Å². The average Bonchev–Trinajstić information content (AvgIpc) is 2.35. The van der Waals surface area contributed by atoms with Crippen LogP contribution in [-0.2, 0) is 0 Å². The molecule has 0 bridgehead atoms. The summed E-state index contributed by atoms with van der Waals surface area (Å²) in [5, 5.41) is 0. The van der Waals surface area contributed by atoms with Crippen molar-refractivity contribution < 1.29 is 0 Å². The van der Waals surface area contributed by atoms with Gasteiger partial charge in [-0.1, -0.05) is 63.1 Å². The van der Waals surface area contributed by atoms with E-state index in [-0.39, 0.29) is 0 Å². The van der Waals surface area contributed by atoms with Crippen molar-refractivity contribution in [2.24, 2.45) is 0 Å². The normalized spacial score (nSPS) is 12.4. The van der Waals surface area contributed by atoms with Gasteiger partial charge in [0, 0.05) is 5.92 Å². The summed E-state index contributed by atoms with van der Waals surface area (Å²) >= 11 is 1.79. The van der Waals surface area contributed by atoms with E-state index in [9.17, 15) is 0 Å². The molecule has 16 heavy (non-hydrogen) atoms. The highest BCUT2D eigenvalue weighted by Crippen LogP contribution is 2.34. The monoisotopic (exact) mass is 234 g/mol. The van der Waals surface area contributed by atoms with Crippen molar-refractivity contribution in [3.05, 3.63) is 47.4 Å². The van der Waals surface area contributed by atoms with E-state index in [0.29, 0.717) is 5.92 Å². The van der Waals surface area contributed by atoms with Gasteiger partial charge >= 0.3 is 0 Å². The van der Waals surface area contributed by atoms with E-state index in [2.05, 4.69) is 50.1 Å². The summed E-state index contributed by atoms with van der Waals surface area (Å²) in [6.45, 7) is 6.44. The third-order valence-corrected chi connectivity index (χ3v) is 3.76. The van der Waals surface area contributed by atoms with E-state index in [1.165, 1.54) is 36.2 Å². The van der Waals surface area contributed by atoms with E-state index >= 15 is 0 Å². The maximum absolute atomic E-state index is 4.19. The van der Waals surface area contributed by atoms with Crippen LogP contribution in [0.15, 0.2) is 41.8 Å². The van der Waals surface area contributed by atoms with Crippen LogP contribution in [-0.4, -0.2) is 6.26 Å². The van der Waals surface area contributed by atoms with Crippen LogP contribution >= 0.6 is 11.8 Å². The summed E-state index contributed by atoms with van der Waals surface area (Å²) < 4.78 is 0. The topological polar surface area (TPSA) is 0 Å². The molecule has 0 amide bonds. The van der Waals surface area contributed by atoms with Gasteiger partial charge in [-0.3, -0.25) is 0 Å². The van der Waals surface area contributed by atoms with Crippen molar-refractivity contribution in [1.29, 1.82) is 0 Å². The maximum Gasteiger partial charge on any atom is 0.0143 e. The Hall–Kier alpha value is -0.690. The molecule has 0 radical (unpaired) electrons. The summed E-state index contributed by atoms with van der Waals surface area (Å²) in [6, 6.07) is 10.8. The van der Waals surface area contributed by atoms with Crippen molar-refractivity contribution in [3.63, 3.8) is 0 Å². The second-order valence-corrected chi connectivity index (χ2v) is 5.06. The van der Waals surface area contributed by atoms with Gasteiger partial charge in [-0.05, 0) is 23.1 Å². The maximum atomic E-state index is 4.19. The Kier molecular flexibility index (Phi) is 6.32. The van der Waals surface area contributed by atoms with Gasteiger partial charge in [0.25, 0.3) is 0 Å². The third kappa shape index (κ3) is 4.05. The summed E-state index contributed by atoms with van der Waals surface area (Å²) in [5.74, 6) is 0.530. The summed E-state index contributed by atoms with van der Waals surface area (Å²) in [7, 11) is 0. The first-order chi connectivity index (χ1) is 7.79. The molecule has 0 saturated heterocycles. The molecule has 1 unspecified atom stereocenters. The largest absolute Gasteiger partial charge is 0.134 e. The Balaban J connectivity index is 2.68. The van der Waals surface area contributed by atoms with Gasteiger partial charge in [-0.2, -0.15) is 0 Å². The van der Waals surface area contributed by atoms with Crippen LogP contribution in [0.2, 0.25) is 0 Å². The highest BCUT2D eigenvalue weighted by Gasteiger charge is 2.13. The summed E-state index contributed by atoms with van der Waals surface area (Å²) in [6.07, 6.45) is 7.27. The fraction of sp³-hybridized carbons (Fsp3) is 0.467. The zero-order valence-corrected chi connectivity index (χ0v) is 11.2. The minimum atomic E-state index is 0.530. The molecule has 1 rings (SSSR count). The molecule has 1 atom stereocenters. The van der Waals surface area contributed by atoms with Gasteiger partial charge in [-0.25, -0.2) is 0 Å². The lowest BCUT2D eigenvalue weighted by Gasteiger charge is -2.18. The van der Waals surface area contributed by atoms with Gasteiger partial charge < -0.3 is 0 Å². The van der Waals surface area contributed by atoms with Crippen LogP contribution in [0.3, 0.4) is 0 Å². The van der Waals surface area contributed by atoms with E-state index < -0.39 is 0 Å². The molecular weight excluding hydrogens is 212 g/mol. The van der Waals surface area contributed by atoms with Crippen LogP contribution in [0.4, 0.5) is 0 Å². The Bertz CT molecular complexity index is 302. The van der Waals surface area contributed by atoms with Crippen LogP contribution in [0, 0.1) is 0 Å². The Labute approximate surface area is 104 Å². The fourth-order valence-electron chi connectivity index (χ4n) is 1.94. The SMILES string of the molecule is C=C(SC)C(CCCCC)c1ccccc1. The molecule has 0 saturated carbocycles. The second kappa shape index (κ2) is 7.56. The molecule has 0 heterocycles. The zero-order chi connectivity index (χ0) is 11.8. The van der Waals surface area contributed by atoms with E-state index in [1.54, 1.807) is 11.8 Å². The quantitative estimate of drug-likeness (QED) is 0.582. The minimum Gasteiger partial charge on any atom is -0.134 e. The first-order valence-corrected chi connectivity index (χ1v) is 7.29. The van der Waals surface area contributed by atoms with Crippen molar-refractivity contribution >= 4 is 11.8 Å². The molecule has 0 spiro atoms. The van der Waals surface area contributed by atoms with E-state index in [4.69, 9.17) is 0 Å². The Morgan fingerprint density at radius 1 is 1.25 bits per heavy atom. The third-order valence-electron chi connectivity index (χ3n) is 2.95. The van der Waals surface area contributed by atoms with Crippen LogP contribution in [0.1, 0.15) is 44.1 Å². The second-order valence-electron chi connectivity index (χ2n) is 4.13. The predicted molar refractivity (Wildman–Crippen MR) is 76.0 cm³/mol. The number of thioether (sulfide) groups is 1. The first kappa shape index (κ1) is 13.4. The van der Waals surface area contributed by atoms with Crippen LogP contribution in [0.25, 0.3) is 0 Å². The van der Waals surface area contributed by atoms with Gasteiger partial charge in [0.15, 0.2) is 0 Å². The number of rotatable bonds is 7. The number of hydrogen-bond acceptors (Lipinski definition) is 1. The molecule has 0 aliphatic rings. The number of benzene rings is 1. The molecular formula is C15H22S. The lowest BCUT2D eigenvalue weighted by Crippen LogP contribution is -1.99. The molecule has 1 aromatic rings. The fourth-order valence-corrected chi connectivity index (χ4v) is 2.48. The molecule has 0 fully saturated rings. The van der Waals surface area contributed by atoms with Crippen LogP contribution < -0.4 is 0 Å². The van der Waals surface area contributed by atoms with Crippen molar-refractivity contribution in [3.8, 4) is 0 Å². The van der Waals surface area contributed by atoms with Gasteiger partial charge in [-0.15, -0.1) is 11.8 Å². The molecule has 1 aromatic carbocycles. The minimum absolute atomic E-state index is 0.530. The first-order valence-electron chi connectivity index (χ1n) is 6.07. The number of allylic oxidation sites excluding steroid dienone is 1. The van der Waals surface area contributed by atoms with Gasteiger partial charge in [0.2, 0.25) is 0 Å². The zero-order valence-electron chi connectivity index (χ0n) is 10.4. The summed E-state index contributed by atoms with van der Waals surface area (Å²) in [4.78, 5) is 1.29. The van der Waals surface area contributed by atoms with Crippen molar-refractivity contribution in [2.75, 3.05) is 6.26 Å². The highest BCUT2D eigenvalue weighted by atomic mass is 32.2. The predicted octanol–water partition coefficient (Wildman–Crippen LogP) is 5.23. The standard InChI is InChI=1S/C15H22S/c1-4-5-7-12-15(13(2)16-3)14-10-8-6-9-11-14/h6,8-11,15H,2,4-5,7,12H2,1,3H3. The van der Waals surface area contributed by atoms with Gasteiger partial charge in [0.05, 0.1) is 0 Å².